The molecule has 0 aliphatic rings. The molecule has 0 aliphatic carbocycles. The molecule has 1 aromatic heterocycles. The first kappa shape index (κ1) is 12.9. The molecule has 0 amide bonds. The van der Waals surface area contributed by atoms with Crippen LogP contribution in [0.25, 0.3) is 10.9 Å². The number of rotatable bonds is 5. The van der Waals surface area contributed by atoms with Crippen molar-refractivity contribution in [2.75, 3.05) is 17.6 Å². The molecule has 20 heavy (non-hydrogen) atoms. The second kappa shape index (κ2) is 6.39. The Morgan fingerprint density at radius 3 is 2.60 bits per heavy atom. The molecule has 0 spiro atoms. The zero-order valence-corrected chi connectivity index (χ0v) is 11.8. The summed E-state index contributed by atoms with van der Waals surface area (Å²) in [6.45, 7) is 0.876. The van der Waals surface area contributed by atoms with Gasteiger partial charge in [0.05, 0.1) is 5.52 Å². The van der Waals surface area contributed by atoms with Crippen LogP contribution in [0.15, 0.2) is 65.8 Å². The minimum absolute atomic E-state index is 0.876. The quantitative estimate of drug-likeness (QED) is 0.569. The lowest BCUT2D eigenvalue weighted by atomic mass is 10.2. The first-order valence-corrected chi connectivity index (χ1v) is 7.53. The Hall–Kier alpha value is -2.07. The van der Waals surface area contributed by atoms with Crippen molar-refractivity contribution in [1.82, 2.24) is 9.97 Å². The summed E-state index contributed by atoms with van der Waals surface area (Å²) in [7, 11) is 0. The predicted octanol–water partition coefficient (Wildman–Crippen LogP) is 3.83. The molecule has 0 fully saturated rings. The maximum Gasteiger partial charge on any atom is 0.137 e. The van der Waals surface area contributed by atoms with E-state index in [9.17, 15) is 0 Å². The zero-order valence-electron chi connectivity index (χ0n) is 11.0. The summed E-state index contributed by atoms with van der Waals surface area (Å²) in [6.07, 6.45) is 1.61. The summed E-state index contributed by atoms with van der Waals surface area (Å²) in [5, 5.41) is 4.46. The molecule has 0 aliphatic heterocycles. The van der Waals surface area contributed by atoms with Gasteiger partial charge in [-0.1, -0.05) is 30.3 Å². The fourth-order valence-corrected chi connectivity index (χ4v) is 2.79. The van der Waals surface area contributed by atoms with Gasteiger partial charge >= 0.3 is 0 Å². The lowest BCUT2D eigenvalue weighted by Crippen LogP contribution is -2.06. The van der Waals surface area contributed by atoms with Gasteiger partial charge in [0, 0.05) is 22.6 Å². The number of benzene rings is 2. The van der Waals surface area contributed by atoms with Crippen LogP contribution in [0.5, 0.6) is 0 Å². The van der Waals surface area contributed by atoms with Gasteiger partial charge in [-0.15, -0.1) is 11.8 Å². The lowest BCUT2D eigenvalue weighted by Gasteiger charge is -2.07. The molecule has 1 N–H and O–H groups in total. The van der Waals surface area contributed by atoms with Crippen molar-refractivity contribution in [3.05, 3.63) is 60.9 Å². The van der Waals surface area contributed by atoms with Gasteiger partial charge in [-0.3, -0.25) is 0 Å². The molecular weight excluding hydrogens is 266 g/mol. The number of anilines is 1. The lowest BCUT2D eigenvalue weighted by molar-refractivity contribution is 1.15. The maximum absolute atomic E-state index is 4.32. The van der Waals surface area contributed by atoms with Gasteiger partial charge in [0.25, 0.3) is 0 Å². The molecule has 0 bridgehead atoms. The van der Waals surface area contributed by atoms with Crippen molar-refractivity contribution < 1.29 is 0 Å². The highest BCUT2D eigenvalue weighted by atomic mass is 32.2. The van der Waals surface area contributed by atoms with E-state index in [0.29, 0.717) is 0 Å². The third-order valence-corrected chi connectivity index (χ3v) is 3.96. The first-order valence-electron chi connectivity index (χ1n) is 6.55. The maximum atomic E-state index is 4.32. The molecule has 2 aromatic carbocycles. The molecule has 3 rings (SSSR count). The number of nitrogens with zero attached hydrogens (tertiary/aromatic N) is 2. The van der Waals surface area contributed by atoms with Crippen LogP contribution in [-0.4, -0.2) is 22.3 Å². The zero-order chi connectivity index (χ0) is 13.6. The monoisotopic (exact) mass is 281 g/mol. The highest BCUT2D eigenvalue weighted by Crippen LogP contribution is 2.19. The molecule has 3 aromatic rings. The van der Waals surface area contributed by atoms with Gasteiger partial charge in [0.2, 0.25) is 0 Å². The molecule has 3 nitrogen and oxygen atoms in total. The third-order valence-electron chi connectivity index (χ3n) is 2.95. The highest BCUT2D eigenvalue weighted by molar-refractivity contribution is 7.99. The Balaban J connectivity index is 1.60. The smallest absolute Gasteiger partial charge is 0.137 e. The van der Waals surface area contributed by atoms with E-state index in [-0.39, 0.29) is 0 Å². The van der Waals surface area contributed by atoms with Gasteiger partial charge in [0.15, 0.2) is 0 Å². The van der Waals surface area contributed by atoms with Crippen molar-refractivity contribution in [3.63, 3.8) is 0 Å². The number of nitrogens with one attached hydrogen (secondary N) is 1. The van der Waals surface area contributed by atoms with E-state index < -0.39 is 0 Å². The van der Waals surface area contributed by atoms with Gasteiger partial charge < -0.3 is 5.32 Å². The van der Waals surface area contributed by atoms with Crippen LogP contribution in [0.2, 0.25) is 0 Å². The molecule has 4 heteroatoms. The largest absolute Gasteiger partial charge is 0.369 e. The van der Waals surface area contributed by atoms with E-state index >= 15 is 0 Å². The van der Waals surface area contributed by atoms with E-state index in [1.807, 2.05) is 42.1 Å². The average Bonchev–Trinajstić information content (AvgIpc) is 2.53. The second-order valence-electron chi connectivity index (χ2n) is 4.33. The number of para-hydroxylation sites is 1. The molecule has 0 radical (unpaired) electrons. The number of aromatic nitrogens is 2. The van der Waals surface area contributed by atoms with Crippen molar-refractivity contribution in [2.24, 2.45) is 0 Å². The van der Waals surface area contributed by atoms with Crippen LogP contribution >= 0.6 is 11.8 Å². The number of fused-ring (bicyclic) bond motifs is 1. The Labute approximate surface area is 122 Å². The summed E-state index contributed by atoms with van der Waals surface area (Å²) in [6, 6.07) is 18.5. The van der Waals surface area contributed by atoms with Crippen molar-refractivity contribution in [2.45, 2.75) is 4.90 Å². The van der Waals surface area contributed by atoms with Crippen LogP contribution in [0.4, 0.5) is 5.82 Å². The Bertz CT molecular complexity index is 680. The Morgan fingerprint density at radius 2 is 1.70 bits per heavy atom. The van der Waals surface area contributed by atoms with Crippen LogP contribution in [0.1, 0.15) is 0 Å². The van der Waals surface area contributed by atoms with Crippen molar-refractivity contribution >= 4 is 28.5 Å². The van der Waals surface area contributed by atoms with Gasteiger partial charge in [-0.25, -0.2) is 9.97 Å². The normalized spacial score (nSPS) is 10.6. The molecule has 100 valence electrons. The summed E-state index contributed by atoms with van der Waals surface area (Å²) in [4.78, 5) is 9.87. The van der Waals surface area contributed by atoms with Gasteiger partial charge in [-0.05, 0) is 24.3 Å². The minimum Gasteiger partial charge on any atom is -0.369 e. The first-order chi connectivity index (χ1) is 9.93. The number of hydrogen-bond acceptors (Lipinski definition) is 4. The van der Waals surface area contributed by atoms with Gasteiger partial charge in [-0.2, -0.15) is 0 Å². The summed E-state index contributed by atoms with van der Waals surface area (Å²) in [5.41, 5.74) is 0.973. The standard InChI is InChI=1S/C16H15N3S/c1-2-6-13(7-3-1)20-11-10-17-16-14-8-4-5-9-15(14)18-12-19-16/h1-9,12H,10-11H2,(H,17,18,19). The summed E-state index contributed by atoms with van der Waals surface area (Å²) >= 11 is 1.84. The van der Waals surface area contributed by atoms with Crippen molar-refractivity contribution in [3.8, 4) is 0 Å². The van der Waals surface area contributed by atoms with E-state index in [0.717, 1.165) is 29.0 Å². The van der Waals surface area contributed by atoms with Crippen LogP contribution in [-0.2, 0) is 0 Å². The minimum atomic E-state index is 0.876. The van der Waals surface area contributed by atoms with E-state index in [4.69, 9.17) is 0 Å². The summed E-state index contributed by atoms with van der Waals surface area (Å²) < 4.78 is 0. The molecule has 0 unspecified atom stereocenters. The molecule has 0 atom stereocenters. The SMILES string of the molecule is c1ccc(SCCNc2ncnc3ccccc23)cc1. The Kier molecular flexibility index (Phi) is 4.13. The second-order valence-corrected chi connectivity index (χ2v) is 5.50. The fraction of sp³-hybridized carbons (Fsp3) is 0.125. The third kappa shape index (κ3) is 3.08. The van der Waals surface area contributed by atoms with E-state index in [2.05, 4.69) is 39.6 Å². The molecular formula is C16H15N3S. The Morgan fingerprint density at radius 1 is 0.900 bits per heavy atom. The molecule has 0 saturated carbocycles. The van der Waals surface area contributed by atoms with Crippen LogP contribution < -0.4 is 5.32 Å². The average molecular weight is 281 g/mol. The van der Waals surface area contributed by atoms with Crippen LogP contribution in [0.3, 0.4) is 0 Å². The predicted molar refractivity (Wildman–Crippen MR) is 85.2 cm³/mol. The fourth-order valence-electron chi connectivity index (χ4n) is 2.00. The van der Waals surface area contributed by atoms with Crippen molar-refractivity contribution in [1.29, 1.82) is 0 Å². The molecule has 1 heterocycles. The van der Waals surface area contributed by atoms with E-state index in [1.54, 1.807) is 6.33 Å². The molecule has 0 saturated heterocycles. The topological polar surface area (TPSA) is 37.8 Å². The van der Waals surface area contributed by atoms with Crippen LogP contribution in [0, 0.1) is 0 Å². The number of hydrogen-bond donors (Lipinski definition) is 1. The van der Waals surface area contributed by atoms with E-state index in [1.165, 1.54) is 4.90 Å². The summed E-state index contributed by atoms with van der Waals surface area (Å²) in [5.74, 6) is 1.91. The highest BCUT2D eigenvalue weighted by Gasteiger charge is 2.01. The van der Waals surface area contributed by atoms with Gasteiger partial charge in [0.1, 0.15) is 12.1 Å². The number of thioether (sulfide) groups is 1.